The number of pyridine rings is 1. The summed E-state index contributed by atoms with van der Waals surface area (Å²) in [6.07, 6.45) is 3.22. The molecule has 212 valence electrons. The molecule has 3 aromatic rings. The lowest BCUT2D eigenvalue weighted by Crippen LogP contribution is -2.50. The molecule has 1 unspecified atom stereocenters. The summed E-state index contributed by atoms with van der Waals surface area (Å²) in [6, 6.07) is 10.9. The van der Waals surface area contributed by atoms with Gasteiger partial charge in [0.15, 0.2) is 5.13 Å². The van der Waals surface area contributed by atoms with Crippen LogP contribution in [0.15, 0.2) is 53.0 Å². The van der Waals surface area contributed by atoms with Gasteiger partial charge in [-0.15, -0.1) is 11.8 Å². The molecule has 1 aliphatic rings. The van der Waals surface area contributed by atoms with E-state index in [1.54, 1.807) is 46.8 Å². The molecular weight excluding hydrogens is 548 g/mol. The number of anilines is 2. The van der Waals surface area contributed by atoms with E-state index in [9.17, 15) is 19.5 Å². The van der Waals surface area contributed by atoms with E-state index in [-0.39, 0.29) is 36.3 Å². The van der Waals surface area contributed by atoms with E-state index in [2.05, 4.69) is 20.6 Å². The standard InChI is InChI=1S/C28H34N6O4S2/c1-18(2)23(16-35)31-24-8-7-22(14-29-24)26(37)32-28-30-15-25(40-28)39-17-20-5-4-6-21(13-20)27(38)34-11-9-33(10-12-34)19(3)36/h4-8,13-15,18,23,35H,9-12,16-17H2,1-3H3,(H,29,31)(H,30,32,37). The number of aromatic nitrogens is 2. The molecule has 0 saturated carbocycles. The van der Waals surface area contributed by atoms with Gasteiger partial charge < -0.3 is 20.2 Å². The van der Waals surface area contributed by atoms with Gasteiger partial charge in [-0.05, 0) is 35.7 Å². The summed E-state index contributed by atoms with van der Waals surface area (Å²) >= 11 is 2.96. The zero-order valence-corrected chi connectivity index (χ0v) is 24.4. The molecule has 40 heavy (non-hydrogen) atoms. The van der Waals surface area contributed by atoms with Gasteiger partial charge >= 0.3 is 0 Å². The van der Waals surface area contributed by atoms with Crippen LogP contribution in [0.2, 0.25) is 0 Å². The third kappa shape index (κ3) is 7.80. The Hall–Kier alpha value is -3.48. The number of benzene rings is 1. The summed E-state index contributed by atoms with van der Waals surface area (Å²) < 4.78 is 0.939. The van der Waals surface area contributed by atoms with Gasteiger partial charge in [-0.25, -0.2) is 9.97 Å². The van der Waals surface area contributed by atoms with E-state index in [4.69, 9.17) is 0 Å². The molecule has 0 bridgehead atoms. The first kappa shape index (κ1) is 29.5. The van der Waals surface area contributed by atoms with Crippen LogP contribution in [-0.4, -0.2) is 81.4 Å². The Bertz CT molecular complexity index is 1320. The second-order valence-corrected chi connectivity index (χ2v) is 12.1. The molecule has 1 fully saturated rings. The molecule has 3 N–H and O–H groups in total. The number of carbonyl (C=O) groups is 3. The maximum atomic E-state index is 13.0. The fourth-order valence-electron chi connectivity index (χ4n) is 4.14. The maximum absolute atomic E-state index is 13.0. The monoisotopic (exact) mass is 582 g/mol. The molecule has 3 amide bonds. The molecule has 1 aliphatic heterocycles. The summed E-state index contributed by atoms with van der Waals surface area (Å²) in [7, 11) is 0. The molecule has 0 aliphatic carbocycles. The largest absolute Gasteiger partial charge is 0.394 e. The number of aliphatic hydroxyl groups excluding tert-OH is 1. The second-order valence-electron chi connectivity index (χ2n) is 9.84. The van der Waals surface area contributed by atoms with Crippen molar-refractivity contribution in [1.82, 2.24) is 19.8 Å². The van der Waals surface area contributed by atoms with E-state index in [1.807, 2.05) is 38.1 Å². The van der Waals surface area contributed by atoms with Gasteiger partial charge in [0, 0.05) is 50.6 Å². The van der Waals surface area contributed by atoms with Gasteiger partial charge in [0.2, 0.25) is 5.91 Å². The highest BCUT2D eigenvalue weighted by Gasteiger charge is 2.23. The normalized spacial score (nSPS) is 14.2. The Morgan fingerprint density at radius 3 is 2.42 bits per heavy atom. The lowest BCUT2D eigenvalue weighted by Gasteiger charge is -2.34. The summed E-state index contributed by atoms with van der Waals surface area (Å²) in [6.45, 7) is 7.75. The molecule has 3 heterocycles. The zero-order chi connectivity index (χ0) is 28.6. The molecule has 10 nitrogen and oxygen atoms in total. The van der Waals surface area contributed by atoms with E-state index < -0.39 is 0 Å². The molecule has 0 spiro atoms. The number of nitrogens with one attached hydrogen (secondary N) is 2. The lowest BCUT2D eigenvalue weighted by atomic mass is 10.1. The molecule has 0 radical (unpaired) electrons. The number of aliphatic hydroxyl groups is 1. The van der Waals surface area contributed by atoms with Gasteiger partial charge in [-0.3, -0.25) is 19.7 Å². The quantitative estimate of drug-likeness (QED) is 0.308. The number of hydrogen-bond acceptors (Lipinski definition) is 9. The van der Waals surface area contributed by atoms with Crippen LogP contribution in [0.25, 0.3) is 0 Å². The van der Waals surface area contributed by atoms with Crippen molar-refractivity contribution in [2.45, 2.75) is 36.8 Å². The minimum Gasteiger partial charge on any atom is -0.394 e. The smallest absolute Gasteiger partial charge is 0.259 e. The van der Waals surface area contributed by atoms with E-state index >= 15 is 0 Å². The van der Waals surface area contributed by atoms with Crippen molar-refractivity contribution in [3.63, 3.8) is 0 Å². The Labute approximate surface area is 242 Å². The van der Waals surface area contributed by atoms with E-state index in [0.717, 1.165) is 9.77 Å². The minimum atomic E-state index is -0.303. The first-order valence-corrected chi connectivity index (χ1v) is 14.9. The third-order valence-corrected chi connectivity index (χ3v) is 8.81. The molecule has 1 aromatic carbocycles. The summed E-state index contributed by atoms with van der Waals surface area (Å²) in [5.41, 5.74) is 2.06. The molecule has 1 atom stereocenters. The van der Waals surface area contributed by atoms with Crippen LogP contribution in [0, 0.1) is 5.92 Å². The number of thiazole rings is 1. The van der Waals surface area contributed by atoms with Crippen LogP contribution in [0.3, 0.4) is 0 Å². The number of piperazine rings is 1. The first-order chi connectivity index (χ1) is 19.2. The van der Waals surface area contributed by atoms with Crippen molar-refractivity contribution in [2.75, 3.05) is 43.4 Å². The zero-order valence-electron chi connectivity index (χ0n) is 22.8. The second kappa shape index (κ2) is 13.7. The molecule has 1 saturated heterocycles. The van der Waals surface area contributed by atoms with Gasteiger partial charge in [-0.1, -0.05) is 37.3 Å². The first-order valence-electron chi connectivity index (χ1n) is 13.1. The highest BCUT2D eigenvalue weighted by atomic mass is 32.2. The maximum Gasteiger partial charge on any atom is 0.259 e. The number of carbonyl (C=O) groups excluding carboxylic acids is 3. The third-order valence-electron chi connectivity index (χ3n) is 6.63. The SMILES string of the molecule is CC(=O)N1CCN(C(=O)c2cccc(CSc3cnc(NC(=O)c4ccc(NC(CO)C(C)C)nc4)s3)c2)CC1. The molecular formula is C28H34N6O4S2. The highest BCUT2D eigenvalue weighted by Crippen LogP contribution is 2.31. The number of hydrogen-bond donors (Lipinski definition) is 3. The number of thioether (sulfide) groups is 1. The predicted octanol–water partition coefficient (Wildman–Crippen LogP) is 3.82. The summed E-state index contributed by atoms with van der Waals surface area (Å²) in [5, 5.41) is 16.0. The van der Waals surface area contributed by atoms with Gasteiger partial charge in [-0.2, -0.15) is 0 Å². The van der Waals surface area contributed by atoms with Crippen LogP contribution in [0.5, 0.6) is 0 Å². The van der Waals surface area contributed by atoms with Gasteiger partial charge in [0.1, 0.15) is 5.82 Å². The fourth-order valence-corrected chi connectivity index (χ4v) is 5.95. The van der Waals surface area contributed by atoms with Crippen molar-refractivity contribution in [2.24, 2.45) is 5.92 Å². The molecule has 12 heteroatoms. The van der Waals surface area contributed by atoms with Crippen molar-refractivity contribution >= 4 is 51.8 Å². The average molecular weight is 583 g/mol. The topological polar surface area (TPSA) is 128 Å². The number of nitrogens with zero attached hydrogens (tertiary/aromatic N) is 4. The Balaban J connectivity index is 1.28. The van der Waals surface area contributed by atoms with Gasteiger partial charge in [0.25, 0.3) is 11.8 Å². The summed E-state index contributed by atoms with van der Waals surface area (Å²) in [5.74, 6) is 1.19. The van der Waals surface area contributed by atoms with Crippen LogP contribution >= 0.6 is 23.1 Å². The van der Waals surface area contributed by atoms with Gasteiger partial charge in [0.05, 0.1) is 28.6 Å². The molecule has 2 aromatic heterocycles. The van der Waals surface area contributed by atoms with Crippen LogP contribution in [0.4, 0.5) is 10.9 Å². The van der Waals surface area contributed by atoms with Crippen LogP contribution < -0.4 is 10.6 Å². The minimum absolute atomic E-state index is 0.00369. The average Bonchev–Trinajstić information content (AvgIpc) is 3.41. The highest BCUT2D eigenvalue weighted by molar-refractivity contribution is 8.00. The fraction of sp³-hybridized carbons (Fsp3) is 0.393. The predicted molar refractivity (Wildman–Crippen MR) is 158 cm³/mol. The van der Waals surface area contributed by atoms with E-state index in [0.29, 0.717) is 54.0 Å². The Morgan fingerprint density at radius 1 is 1.02 bits per heavy atom. The Morgan fingerprint density at radius 2 is 1.77 bits per heavy atom. The lowest BCUT2D eigenvalue weighted by molar-refractivity contribution is -0.130. The Kier molecular flexibility index (Phi) is 10.1. The number of amides is 3. The van der Waals surface area contributed by atoms with Crippen molar-refractivity contribution in [1.29, 1.82) is 0 Å². The van der Waals surface area contributed by atoms with Crippen molar-refractivity contribution in [3.8, 4) is 0 Å². The molecule has 4 rings (SSSR count). The summed E-state index contributed by atoms with van der Waals surface area (Å²) in [4.78, 5) is 49.4. The van der Waals surface area contributed by atoms with Crippen LogP contribution in [-0.2, 0) is 10.5 Å². The van der Waals surface area contributed by atoms with E-state index in [1.165, 1.54) is 17.5 Å². The van der Waals surface area contributed by atoms with Crippen molar-refractivity contribution in [3.05, 3.63) is 65.5 Å². The van der Waals surface area contributed by atoms with Crippen molar-refractivity contribution < 1.29 is 19.5 Å². The number of rotatable bonds is 10. The van der Waals surface area contributed by atoms with Crippen LogP contribution in [0.1, 0.15) is 47.1 Å².